The lowest BCUT2D eigenvalue weighted by Crippen LogP contribution is -2.49. The summed E-state index contributed by atoms with van der Waals surface area (Å²) in [6.07, 6.45) is 0. The summed E-state index contributed by atoms with van der Waals surface area (Å²) in [7, 11) is -3.88. The Hall–Kier alpha value is -2.61. The first-order valence-corrected chi connectivity index (χ1v) is 9.47. The van der Waals surface area contributed by atoms with Crippen molar-refractivity contribution in [3.05, 3.63) is 49.0 Å². The van der Waals surface area contributed by atoms with Crippen LogP contribution in [0.5, 0.6) is 0 Å². The van der Waals surface area contributed by atoms with Gasteiger partial charge in [-0.25, -0.2) is 18.5 Å². The van der Waals surface area contributed by atoms with E-state index < -0.39 is 26.2 Å². The van der Waals surface area contributed by atoms with E-state index in [2.05, 4.69) is 4.98 Å². The van der Waals surface area contributed by atoms with Crippen LogP contribution in [-0.4, -0.2) is 76.8 Å². The molecule has 1 saturated heterocycles. The Bertz CT molecular complexity index is 1100. The van der Waals surface area contributed by atoms with E-state index in [0.29, 0.717) is 19.6 Å². The van der Waals surface area contributed by atoms with E-state index in [1.807, 2.05) is 4.90 Å². The maximum Gasteiger partial charge on any atom is 0.377 e. The molecule has 1 aliphatic heterocycles. The van der Waals surface area contributed by atoms with Crippen LogP contribution in [0.2, 0.25) is 0 Å². The average Bonchev–Trinajstić information content (AvgIpc) is 2.62. The Labute approximate surface area is 152 Å². The van der Waals surface area contributed by atoms with Gasteiger partial charge in [-0.3, -0.25) is 14.5 Å². The number of fused-ring (bicyclic) bond motifs is 1. The van der Waals surface area contributed by atoms with E-state index in [0.717, 1.165) is 18.2 Å². The summed E-state index contributed by atoms with van der Waals surface area (Å²) < 4.78 is 27.0. The number of sulfonamides is 1. The molecule has 1 aromatic carbocycles. The van der Waals surface area contributed by atoms with Gasteiger partial charge in [-0.1, -0.05) is 0 Å². The van der Waals surface area contributed by atoms with Crippen LogP contribution in [0.1, 0.15) is 0 Å². The molecular weight excluding hydrogens is 382 g/mol. The van der Waals surface area contributed by atoms with Gasteiger partial charge in [0.05, 0.1) is 17.0 Å². The van der Waals surface area contributed by atoms with Gasteiger partial charge in [-0.2, -0.15) is 4.31 Å². The number of nitrogens with zero attached hydrogens (tertiary/aromatic N) is 4. The highest BCUT2D eigenvalue weighted by Crippen LogP contribution is 2.21. The second-order valence-corrected chi connectivity index (χ2v) is 7.90. The molecule has 12 nitrogen and oxygen atoms in total. The Morgan fingerprint density at radius 3 is 2.44 bits per heavy atom. The van der Waals surface area contributed by atoms with Crippen LogP contribution >= 0.6 is 0 Å². The Balaban J connectivity index is 2.00. The highest BCUT2D eigenvalue weighted by atomic mass is 32.2. The molecule has 146 valence electrons. The molecule has 0 aliphatic carbocycles. The van der Waals surface area contributed by atoms with Crippen molar-refractivity contribution in [2.24, 2.45) is 0 Å². The smallest absolute Gasteiger partial charge is 0.377 e. The lowest BCUT2D eigenvalue weighted by Gasteiger charge is -2.33. The van der Waals surface area contributed by atoms with E-state index in [9.17, 15) is 28.1 Å². The SMILES string of the molecule is O=c1[nH]c2cc(S(=O)(=O)N3CCN(CCO)CC3)ccc2n([N+](=O)[O-])c1=O. The first kappa shape index (κ1) is 19.2. The molecule has 2 aromatic rings. The fourth-order valence-corrected chi connectivity index (χ4v) is 4.44. The normalized spacial score (nSPS) is 16.6. The minimum atomic E-state index is -3.88. The number of benzene rings is 1. The Morgan fingerprint density at radius 2 is 1.85 bits per heavy atom. The van der Waals surface area contributed by atoms with Crippen molar-refractivity contribution in [1.82, 2.24) is 18.9 Å². The van der Waals surface area contributed by atoms with Crippen molar-refractivity contribution < 1.29 is 18.6 Å². The van der Waals surface area contributed by atoms with Gasteiger partial charge in [-0.05, 0) is 22.9 Å². The third-order valence-corrected chi connectivity index (χ3v) is 6.27. The van der Waals surface area contributed by atoms with Crippen LogP contribution in [0.4, 0.5) is 0 Å². The second-order valence-electron chi connectivity index (χ2n) is 5.96. The number of aliphatic hydroxyl groups excluding tert-OH is 1. The molecule has 0 unspecified atom stereocenters. The van der Waals surface area contributed by atoms with E-state index in [4.69, 9.17) is 5.11 Å². The standard InChI is InChI=1S/C14H17N5O7S/c20-8-7-16-3-5-17(6-4-16)27(25,26)10-1-2-12-11(9-10)15-13(21)14(22)18(12)19(23)24/h1-2,9,20H,3-8H2,(H,15,21). The average molecular weight is 399 g/mol. The van der Waals surface area contributed by atoms with Gasteiger partial charge < -0.3 is 10.1 Å². The van der Waals surface area contributed by atoms with Gasteiger partial charge in [0.15, 0.2) is 5.03 Å². The van der Waals surface area contributed by atoms with Crippen LogP contribution < -0.4 is 11.1 Å². The Kier molecular flexibility index (Phi) is 5.10. The molecule has 0 atom stereocenters. The summed E-state index contributed by atoms with van der Waals surface area (Å²) >= 11 is 0. The summed E-state index contributed by atoms with van der Waals surface area (Å²) in [6.45, 7) is 1.83. The number of aromatic nitrogens is 2. The lowest BCUT2D eigenvalue weighted by molar-refractivity contribution is -0.540. The summed E-state index contributed by atoms with van der Waals surface area (Å²) in [5.74, 6) is 0. The zero-order valence-electron chi connectivity index (χ0n) is 14.1. The number of aromatic amines is 1. The van der Waals surface area contributed by atoms with Gasteiger partial charge >= 0.3 is 11.1 Å². The molecule has 3 rings (SSSR count). The fraction of sp³-hybridized carbons (Fsp3) is 0.429. The highest BCUT2D eigenvalue weighted by Gasteiger charge is 2.29. The molecule has 0 saturated carbocycles. The summed E-state index contributed by atoms with van der Waals surface area (Å²) in [6, 6.07) is 3.38. The van der Waals surface area contributed by atoms with Gasteiger partial charge in [0.2, 0.25) is 10.0 Å². The molecule has 27 heavy (non-hydrogen) atoms. The molecule has 0 bridgehead atoms. The van der Waals surface area contributed by atoms with Crippen LogP contribution in [0.25, 0.3) is 11.0 Å². The van der Waals surface area contributed by atoms with Crippen molar-refractivity contribution in [1.29, 1.82) is 0 Å². The van der Waals surface area contributed by atoms with E-state index in [1.165, 1.54) is 4.31 Å². The van der Waals surface area contributed by atoms with Gasteiger partial charge in [0.1, 0.15) is 5.52 Å². The maximum absolute atomic E-state index is 12.8. The number of nitrogens with one attached hydrogen (secondary N) is 1. The van der Waals surface area contributed by atoms with Crippen LogP contribution in [0, 0.1) is 10.1 Å². The van der Waals surface area contributed by atoms with Crippen LogP contribution in [0.15, 0.2) is 32.7 Å². The number of aliphatic hydroxyl groups is 1. The first-order chi connectivity index (χ1) is 12.8. The van der Waals surface area contributed by atoms with Gasteiger partial charge in [0, 0.05) is 32.7 Å². The molecule has 0 spiro atoms. The lowest BCUT2D eigenvalue weighted by atomic mass is 10.3. The maximum atomic E-state index is 12.8. The van der Waals surface area contributed by atoms with E-state index >= 15 is 0 Å². The number of hydrogen-bond donors (Lipinski definition) is 2. The molecule has 2 heterocycles. The van der Waals surface area contributed by atoms with Gasteiger partial charge in [-0.15, -0.1) is 0 Å². The molecule has 2 N–H and O–H groups in total. The highest BCUT2D eigenvalue weighted by molar-refractivity contribution is 7.89. The van der Waals surface area contributed by atoms with Crippen LogP contribution in [0.3, 0.4) is 0 Å². The van der Waals surface area contributed by atoms with Crippen molar-refractivity contribution in [3.8, 4) is 0 Å². The number of hydrogen-bond acceptors (Lipinski definition) is 8. The van der Waals surface area contributed by atoms with Crippen molar-refractivity contribution in [3.63, 3.8) is 0 Å². The first-order valence-electron chi connectivity index (χ1n) is 8.03. The van der Waals surface area contributed by atoms with Crippen molar-refractivity contribution in [2.45, 2.75) is 4.90 Å². The molecular formula is C14H17N5O7S. The minimum absolute atomic E-state index is 0.0110. The molecule has 13 heteroatoms. The third kappa shape index (κ3) is 3.49. The monoisotopic (exact) mass is 399 g/mol. The fourth-order valence-electron chi connectivity index (χ4n) is 2.99. The quantitative estimate of drug-likeness (QED) is 0.333. The number of nitro groups is 1. The minimum Gasteiger partial charge on any atom is -0.395 e. The molecule has 1 aliphatic rings. The topological polar surface area (TPSA) is 159 Å². The van der Waals surface area contributed by atoms with E-state index in [-0.39, 0.29) is 40.3 Å². The molecule has 0 radical (unpaired) electrons. The number of H-pyrrole nitrogens is 1. The van der Waals surface area contributed by atoms with Crippen molar-refractivity contribution >= 4 is 21.1 Å². The zero-order chi connectivity index (χ0) is 19.8. The predicted octanol–water partition coefficient (Wildman–Crippen LogP) is -1.97. The Morgan fingerprint density at radius 1 is 1.19 bits per heavy atom. The second kappa shape index (κ2) is 7.19. The number of β-amino-alcohol motifs (C(OH)–C–C–N with tert-alkyl or cyclic N) is 1. The number of piperazine rings is 1. The van der Waals surface area contributed by atoms with Gasteiger partial charge in [0.25, 0.3) is 0 Å². The predicted molar refractivity (Wildman–Crippen MR) is 93.5 cm³/mol. The molecule has 1 aromatic heterocycles. The summed E-state index contributed by atoms with van der Waals surface area (Å²) in [5, 5.41) is 19.0. The largest absolute Gasteiger partial charge is 0.395 e. The molecule has 0 amide bonds. The number of rotatable bonds is 5. The van der Waals surface area contributed by atoms with E-state index in [1.54, 1.807) is 0 Å². The van der Waals surface area contributed by atoms with Crippen LogP contribution in [-0.2, 0) is 10.0 Å². The molecule has 1 fully saturated rings. The summed E-state index contributed by atoms with van der Waals surface area (Å²) in [4.78, 5) is 38.3. The summed E-state index contributed by atoms with van der Waals surface area (Å²) in [5.41, 5.74) is -2.91. The zero-order valence-corrected chi connectivity index (χ0v) is 14.9. The van der Waals surface area contributed by atoms with Crippen molar-refractivity contribution in [2.75, 3.05) is 39.3 Å². The third-order valence-electron chi connectivity index (χ3n) is 4.38.